The highest BCUT2D eigenvalue weighted by atomic mass is 16.5. The zero-order valence-electron chi connectivity index (χ0n) is 7.60. The van der Waals surface area contributed by atoms with Crippen LogP contribution in [0.5, 0.6) is 5.75 Å². The van der Waals surface area contributed by atoms with Gasteiger partial charge in [-0.05, 0) is 23.8 Å². The van der Waals surface area contributed by atoms with Crippen LogP contribution in [-0.2, 0) is 0 Å². The van der Waals surface area contributed by atoms with E-state index in [4.69, 9.17) is 16.4 Å². The number of hydrogen-bond acceptors (Lipinski definition) is 2. The minimum absolute atomic E-state index is 0.271. The maximum absolute atomic E-state index is 8.31. The van der Waals surface area contributed by atoms with Gasteiger partial charge in [0.25, 0.3) is 0 Å². The van der Waals surface area contributed by atoms with Crippen molar-refractivity contribution in [2.45, 2.75) is 0 Å². The van der Waals surface area contributed by atoms with E-state index >= 15 is 0 Å². The zero-order valence-corrected chi connectivity index (χ0v) is 7.60. The molecule has 14 heavy (non-hydrogen) atoms. The molecule has 0 aliphatic carbocycles. The molecule has 0 unspecified atom stereocenters. The Morgan fingerprint density at radius 3 is 2.64 bits per heavy atom. The molecule has 0 amide bonds. The molecule has 1 aromatic carbocycles. The quantitative estimate of drug-likeness (QED) is 0.531. The Kier molecular flexibility index (Phi) is 3.86. The van der Waals surface area contributed by atoms with E-state index in [1.807, 2.05) is 30.3 Å². The van der Waals surface area contributed by atoms with Crippen LogP contribution in [0.15, 0.2) is 30.3 Å². The summed E-state index contributed by atoms with van der Waals surface area (Å²) in [5.41, 5.74) is 0.958. The van der Waals surface area contributed by atoms with Crippen LogP contribution in [-0.4, -0.2) is 6.61 Å². The zero-order chi connectivity index (χ0) is 10.2. The van der Waals surface area contributed by atoms with E-state index in [1.54, 1.807) is 6.08 Å². The van der Waals surface area contributed by atoms with Crippen LogP contribution in [0.2, 0.25) is 0 Å². The lowest BCUT2D eigenvalue weighted by Gasteiger charge is -2.01. The summed E-state index contributed by atoms with van der Waals surface area (Å²) in [5.74, 6) is 3.12. The van der Waals surface area contributed by atoms with Gasteiger partial charge in [0.1, 0.15) is 12.4 Å². The molecule has 0 fully saturated rings. The molecule has 0 radical (unpaired) electrons. The Bertz CT molecular complexity index is 390. The normalized spacial score (nSPS) is 9.29. The Labute approximate surface area is 83.4 Å². The van der Waals surface area contributed by atoms with Gasteiger partial charge in [-0.25, -0.2) is 0 Å². The summed E-state index contributed by atoms with van der Waals surface area (Å²) in [6, 6.07) is 9.28. The molecule has 1 aromatic rings. The van der Waals surface area contributed by atoms with Crippen LogP contribution in [0.1, 0.15) is 5.56 Å². The predicted molar refractivity (Wildman–Crippen MR) is 55.4 cm³/mol. The molecular formula is C12H9NO. The highest BCUT2D eigenvalue weighted by molar-refractivity contribution is 5.52. The molecule has 68 valence electrons. The van der Waals surface area contributed by atoms with Gasteiger partial charge in [-0.2, -0.15) is 5.26 Å². The molecular weight excluding hydrogens is 174 g/mol. The number of ether oxygens (including phenoxy) is 1. The van der Waals surface area contributed by atoms with Crippen LogP contribution in [0.4, 0.5) is 0 Å². The molecule has 0 aromatic heterocycles. The second-order valence-corrected chi connectivity index (χ2v) is 2.52. The van der Waals surface area contributed by atoms with Crippen molar-refractivity contribution >= 4 is 6.08 Å². The van der Waals surface area contributed by atoms with Crippen LogP contribution >= 0.6 is 0 Å². The van der Waals surface area contributed by atoms with Gasteiger partial charge in [0.15, 0.2) is 0 Å². The number of terminal acetylenes is 1. The third kappa shape index (κ3) is 3.05. The molecule has 0 atom stereocenters. The van der Waals surface area contributed by atoms with Crippen LogP contribution in [0, 0.1) is 23.7 Å². The first-order chi connectivity index (χ1) is 6.86. The van der Waals surface area contributed by atoms with Crippen molar-refractivity contribution in [1.29, 1.82) is 5.26 Å². The average Bonchev–Trinajstić information content (AvgIpc) is 2.25. The molecule has 0 spiro atoms. The number of hydrogen-bond donors (Lipinski definition) is 0. The van der Waals surface area contributed by atoms with Gasteiger partial charge in [0.2, 0.25) is 0 Å². The second kappa shape index (κ2) is 5.45. The van der Waals surface area contributed by atoms with Gasteiger partial charge in [0.05, 0.1) is 6.07 Å². The fourth-order valence-corrected chi connectivity index (χ4v) is 0.934. The van der Waals surface area contributed by atoms with Crippen molar-refractivity contribution < 1.29 is 4.74 Å². The number of rotatable bonds is 3. The summed E-state index contributed by atoms with van der Waals surface area (Å²) in [4.78, 5) is 0. The summed E-state index contributed by atoms with van der Waals surface area (Å²) in [7, 11) is 0. The Morgan fingerprint density at radius 2 is 2.07 bits per heavy atom. The number of nitrogens with zero attached hydrogens (tertiary/aromatic N) is 1. The molecule has 0 heterocycles. The lowest BCUT2D eigenvalue weighted by Crippen LogP contribution is -1.92. The number of nitriles is 1. The summed E-state index contributed by atoms with van der Waals surface area (Å²) < 4.78 is 5.19. The first kappa shape index (κ1) is 9.89. The lowest BCUT2D eigenvalue weighted by molar-refractivity contribution is 0.370. The standard InChI is InChI=1S/C12H9NO/c1-2-10-14-12-7-5-11(6-8-12)4-3-9-13/h1,3-8H,10H2/b4-3+. The van der Waals surface area contributed by atoms with E-state index in [2.05, 4.69) is 5.92 Å². The summed E-state index contributed by atoms with van der Waals surface area (Å²) in [6.45, 7) is 0.271. The third-order valence-electron chi connectivity index (χ3n) is 1.55. The highest BCUT2D eigenvalue weighted by Gasteiger charge is 1.91. The van der Waals surface area contributed by atoms with Crippen molar-refractivity contribution in [2.75, 3.05) is 6.61 Å². The monoisotopic (exact) mass is 183 g/mol. The fraction of sp³-hybridized carbons (Fsp3) is 0.0833. The second-order valence-electron chi connectivity index (χ2n) is 2.52. The summed E-state index contributed by atoms with van der Waals surface area (Å²) >= 11 is 0. The van der Waals surface area contributed by atoms with Crippen LogP contribution < -0.4 is 4.74 Å². The smallest absolute Gasteiger partial charge is 0.148 e. The van der Waals surface area contributed by atoms with E-state index in [-0.39, 0.29) is 6.61 Å². The van der Waals surface area contributed by atoms with Crippen LogP contribution in [0.3, 0.4) is 0 Å². The first-order valence-electron chi connectivity index (χ1n) is 4.09. The largest absolute Gasteiger partial charge is 0.481 e. The predicted octanol–water partition coefficient (Wildman–Crippen LogP) is 2.24. The van der Waals surface area contributed by atoms with E-state index in [0.717, 1.165) is 11.3 Å². The molecule has 0 N–H and O–H groups in total. The SMILES string of the molecule is C#CCOc1ccc(/C=C/C#N)cc1. The van der Waals surface area contributed by atoms with Gasteiger partial charge in [-0.15, -0.1) is 6.42 Å². The number of allylic oxidation sites excluding steroid dienone is 1. The molecule has 0 bridgehead atoms. The van der Waals surface area contributed by atoms with Crippen molar-refractivity contribution in [3.8, 4) is 24.2 Å². The van der Waals surface area contributed by atoms with Gasteiger partial charge >= 0.3 is 0 Å². The molecule has 2 nitrogen and oxygen atoms in total. The van der Waals surface area contributed by atoms with Gasteiger partial charge < -0.3 is 4.74 Å². The molecule has 0 aliphatic rings. The molecule has 0 saturated carbocycles. The molecule has 0 aliphatic heterocycles. The van der Waals surface area contributed by atoms with Crippen molar-refractivity contribution in [3.05, 3.63) is 35.9 Å². The number of benzene rings is 1. The van der Waals surface area contributed by atoms with E-state index in [0.29, 0.717) is 0 Å². The average molecular weight is 183 g/mol. The van der Waals surface area contributed by atoms with Crippen LogP contribution in [0.25, 0.3) is 6.08 Å². The Balaban J connectivity index is 2.66. The highest BCUT2D eigenvalue weighted by Crippen LogP contribution is 2.12. The summed E-state index contributed by atoms with van der Waals surface area (Å²) in [5, 5.41) is 8.31. The first-order valence-corrected chi connectivity index (χ1v) is 4.09. The van der Waals surface area contributed by atoms with Crippen molar-refractivity contribution in [3.63, 3.8) is 0 Å². The Morgan fingerprint density at radius 1 is 1.36 bits per heavy atom. The molecule has 0 saturated heterocycles. The minimum atomic E-state index is 0.271. The van der Waals surface area contributed by atoms with Crippen molar-refractivity contribution in [1.82, 2.24) is 0 Å². The van der Waals surface area contributed by atoms with E-state index in [1.165, 1.54) is 6.08 Å². The van der Waals surface area contributed by atoms with E-state index in [9.17, 15) is 0 Å². The summed E-state index contributed by atoms with van der Waals surface area (Å²) in [6.07, 6.45) is 8.20. The fourth-order valence-electron chi connectivity index (χ4n) is 0.934. The van der Waals surface area contributed by atoms with Gasteiger partial charge in [-0.3, -0.25) is 0 Å². The maximum Gasteiger partial charge on any atom is 0.148 e. The molecule has 2 heteroatoms. The topological polar surface area (TPSA) is 33.0 Å². The van der Waals surface area contributed by atoms with Gasteiger partial charge in [-0.1, -0.05) is 18.1 Å². The van der Waals surface area contributed by atoms with Gasteiger partial charge in [0, 0.05) is 6.08 Å². The van der Waals surface area contributed by atoms with Crippen molar-refractivity contribution in [2.24, 2.45) is 0 Å². The Hall–Kier alpha value is -2.19. The minimum Gasteiger partial charge on any atom is -0.481 e. The molecule has 1 rings (SSSR count). The lowest BCUT2D eigenvalue weighted by atomic mass is 10.2. The van der Waals surface area contributed by atoms with E-state index < -0.39 is 0 Å². The maximum atomic E-state index is 8.31. The third-order valence-corrected chi connectivity index (χ3v) is 1.55.